The van der Waals surface area contributed by atoms with Crippen LogP contribution in [0.3, 0.4) is 0 Å². The molecule has 1 fully saturated rings. The molecule has 0 spiro atoms. The number of aryl methyl sites for hydroxylation is 1. The normalized spacial score (nSPS) is 16.5. The van der Waals surface area contributed by atoms with Crippen molar-refractivity contribution < 1.29 is 9.18 Å². The second kappa shape index (κ2) is 6.32. The minimum absolute atomic E-state index is 0.209. The van der Waals surface area contributed by atoms with Gasteiger partial charge in [0, 0.05) is 25.2 Å². The van der Waals surface area contributed by atoms with Crippen LogP contribution in [0.15, 0.2) is 30.5 Å². The lowest BCUT2D eigenvalue weighted by atomic mass is 9.78. The van der Waals surface area contributed by atoms with Crippen molar-refractivity contribution in [2.75, 3.05) is 6.54 Å². The standard InChI is InChI=1S/C17H19ClFN3O/c1-22-10-14(18)15(21-22)16(23)20-11-17(7-2-3-8-17)12-5-4-6-13(19)9-12/h4-6,9-10H,2-3,7-8,11H2,1H3,(H,20,23). The Kier molecular flexibility index (Phi) is 4.39. The third-order valence-corrected chi connectivity index (χ3v) is 4.86. The fourth-order valence-corrected chi connectivity index (χ4v) is 3.65. The Morgan fingerprint density at radius 2 is 2.17 bits per heavy atom. The topological polar surface area (TPSA) is 46.9 Å². The van der Waals surface area contributed by atoms with Crippen LogP contribution in [0, 0.1) is 5.82 Å². The Morgan fingerprint density at radius 3 is 2.78 bits per heavy atom. The molecule has 3 rings (SSSR count). The molecule has 1 heterocycles. The maximum Gasteiger partial charge on any atom is 0.273 e. The van der Waals surface area contributed by atoms with Gasteiger partial charge in [0.15, 0.2) is 5.69 Å². The summed E-state index contributed by atoms with van der Waals surface area (Å²) in [7, 11) is 1.72. The molecule has 1 aliphatic carbocycles. The van der Waals surface area contributed by atoms with E-state index in [9.17, 15) is 9.18 Å². The van der Waals surface area contributed by atoms with E-state index in [1.807, 2.05) is 6.07 Å². The first-order valence-electron chi connectivity index (χ1n) is 7.74. The zero-order valence-corrected chi connectivity index (χ0v) is 13.7. The molecular formula is C17H19ClFN3O. The van der Waals surface area contributed by atoms with Crippen LogP contribution in [-0.4, -0.2) is 22.2 Å². The summed E-state index contributed by atoms with van der Waals surface area (Å²) in [5.41, 5.74) is 0.961. The first-order chi connectivity index (χ1) is 11.0. The number of hydrogen-bond donors (Lipinski definition) is 1. The van der Waals surface area contributed by atoms with Crippen molar-refractivity contribution in [2.45, 2.75) is 31.1 Å². The maximum absolute atomic E-state index is 13.6. The highest BCUT2D eigenvalue weighted by molar-refractivity contribution is 6.33. The number of rotatable bonds is 4. The van der Waals surface area contributed by atoms with Gasteiger partial charge in [0.25, 0.3) is 5.91 Å². The molecule has 23 heavy (non-hydrogen) atoms. The summed E-state index contributed by atoms with van der Waals surface area (Å²) in [5.74, 6) is -0.536. The number of amides is 1. The Labute approximate surface area is 139 Å². The maximum atomic E-state index is 13.6. The molecule has 1 aromatic carbocycles. The lowest BCUT2D eigenvalue weighted by Crippen LogP contribution is -2.39. The molecule has 1 aromatic heterocycles. The summed E-state index contributed by atoms with van der Waals surface area (Å²) >= 11 is 6.01. The zero-order chi connectivity index (χ0) is 16.4. The lowest BCUT2D eigenvalue weighted by molar-refractivity contribution is 0.0937. The van der Waals surface area contributed by atoms with Crippen molar-refractivity contribution >= 4 is 17.5 Å². The van der Waals surface area contributed by atoms with Crippen molar-refractivity contribution in [2.24, 2.45) is 7.05 Å². The van der Waals surface area contributed by atoms with E-state index in [-0.39, 0.29) is 22.8 Å². The SMILES string of the molecule is Cn1cc(Cl)c(C(=O)NCC2(c3cccc(F)c3)CCCC2)n1. The monoisotopic (exact) mass is 335 g/mol. The molecule has 0 unspecified atom stereocenters. The van der Waals surface area contributed by atoms with Crippen LogP contribution in [0.5, 0.6) is 0 Å². The van der Waals surface area contributed by atoms with Gasteiger partial charge >= 0.3 is 0 Å². The molecule has 0 bridgehead atoms. The van der Waals surface area contributed by atoms with Gasteiger partial charge in [0.05, 0.1) is 5.02 Å². The molecule has 2 aromatic rings. The molecule has 0 saturated heterocycles. The van der Waals surface area contributed by atoms with Crippen LogP contribution in [0.4, 0.5) is 4.39 Å². The first-order valence-corrected chi connectivity index (χ1v) is 8.11. The highest BCUT2D eigenvalue weighted by atomic mass is 35.5. The van der Waals surface area contributed by atoms with Crippen LogP contribution in [0.2, 0.25) is 5.02 Å². The third kappa shape index (κ3) is 3.24. The largest absolute Gasteiger partial charge is 0.350 e. The quantitative estimate of drug-likeness (QED) is 0.930. The summed E-state index contributed by atoms with van der Waals surface area (Å²) in [6.45, 7) is 0.461. The van der Waals surface area contributed by atoms with Crippen LogP contribution in [0.25, 0.3) is 0 Å². The molecule has 1 N–H and O–H groups in total. The van der Waals surface area contributed by atoms with E-state index in [1.54, 1.807) is 25.4 Å². The van der Waals surface area contributed by atoms with Gasteiger partial charge in [-0.2, -0.15) is 5.10 Å². The average Bonchev–Trinajstić information content (AvgIpc) is 3.12. The van der Waals surface area contributed by atoms with Crippen molar-refractivity contribution in [3.8, 4) is 0 Å². The number of halogens is 2. The molecule has 4 nitrogen and oxygen atoms in total. The summed E-state index contributed by atoms with van der Waals surface area (Å²) in [5, 5.41) is 7.34. The smallest absolute Gasteiger partial charge is 0.273 e. The van der Waals surface area contributed by atoms with Crippen LogP contribution in [0.1, 0.15) is 41.7 Å². The number of benzene rings is 1. The molecule has 122 valence electrons. The Bertz CT molecular complexity index is 722. The molecular weight excluding hydrogens is 317 g/mol. The van der Waals surface area contributed by atoms with Crippen molar-refractivity contribution in [1.29, 1.82) is 0 Å². The molecule has 1 aliphatic rings. The number of aromatic nitrogens is 2. The van der Waals surface area contributed by atoms with E-state index in [4.69, 9.17) is 11.6 Å². The van der Waals surface area contributed by atoms with Gasteiger partial charge in [-0.05, 0) is 30.5 Å². The summed E-state index contributed by atoms with van der Waals surface area (Å²) in [6.07, 6.45) is 5.63. The van der Waals surface area contributed by atoms with Gasteiger partial charge < -0.3 is 5.32 Å². The fourth-order valence-electron chi connectivity index (χ4n) is 3.38. The molecule has 1 amide bonds. The van der Waals surface area contributed by atoms with Gasteiger partial charge in [-0.15, -0.1) is 0 Å². The first kappa shape index (κ1) is 16.0. The minimum atomic E-state index is -0.293. The zero-order valence-electron chi connectivity index (χ0n) is 13.0. The van der Waals surface area contributed by atoms with Crippen molar-refractivity contribution in [3.05, 3.63) is 52.6 Å². The van der Waals surface area contributed by atoms with E-state index in [0.29, 0.717) is 11.6 Å². The molecule has 1 saturated carbocycles. The van der Waals surface area contributed by atoms with Gasteiger partial charge in [-0.25, -0.2) is 4.39 Å². The second-order valence-corrected chi connectivity index (χ2v) is 6.59. The highest BCUT2D eigenvalue weighted by Gasteiger charge is 2.36. The number of carbonyl (C=O) groups excluding carboxylic acids is 1. The number of carbonyl (C=O) groups is 1. The van der Waals surface area contributed by atoms with Gasteiger partial charge in [0.1, 0.15) is 5.82 Å². The van der Waals surface area contributed by atoms with Crippen molar-refractivity contribution in [3.63, 3.8) is 0 Å². The second-order valence-electron chi connectivity index (χ2n) is 6.18. The van der Waals surface area contributed by atoms with Crippen LogP contribution in [-0.2, 0) is 12.5 Å². The van der Waals surface area contributed by atoms with Crippen molar-refractivity contribution in [1.82, 2.24) is 15.1 Å². The third-order valence-electron chi connectivity index (χ3n) is 4.58. The summed E-state index contributed by atoms with van der Waals surface area (Å²) < 4.78 is 15.1. The molecule has 0 aliphatic heterocycles. The Balaban J connectivity index is 1.78. The number of nitrogens with one attached hydrogen (secondary N) is 1. The fraction of sp³-hybridized carbons (Fsp3) is 0.412. The van der Waals surface area contributed by atoms with E-state index < -0.39 is 0 Å². The number of hydrogen-bond acceptors (Lipinski definition) is 2. The van der Waals surface area contributed by atoms with E-state index in [2.05, 4.69) is 10.4 Å². The lowest BCUT2D eigenvalue weighted by Gasteiger charge is -2.30. The minimum Gasteiger partial charge on any atom is -0.350 e. The predicted octanol–water partition coefficient (Wildman–Crippen LogP) is 3.45. The average molecular weight is 336 g/mol. The Hall–Kier alpha value is -1.88. The van der Waals surface area contributed by atoms with E-state index in [1.165, 1.54) is 10.7 Å². The van der Waals surface area contributed by atoms with E-state index >= 15 is 0 Å². The molecule has 6 heteroatoms. The summed E-state index contributed by atoms with van der Waals surface area (Å²) in [6, 6.07) is 6.68. The van der Waals surface area contributed by atoms with Crippen LogP contribution >= 0.6 is 11.6 Å². The Morgan fingerprint density at radius 1 is 1.43 bits per heavy atom. The van der Waals surface area contributed by atoms with Crippen LogP contribution < -0.4 is 5.32 Å². The molecule has 0 radical (unpaired) electrons. The number of nitrogens with zero attached hydrogens (tertiary/aromatic N) is 2. The summed E-state index contributed by atoms with van der Waals surface area (Å²) in [4.78, 5) is 12.3. The highest BCUT2D eigenvalue weighted by Crippen LogP contribution is 2.40. The molecule has 0 atom stereocenters. The van der Waals surface area contributed by atoms with Gasteiger partial charge in [0.2, 0.25) is 0 Å². The van der Waals surface area contributed by atoms with E-state index in [0.717, 1.165) is 31.2 Å². The van der Waals surface area contributed by atoms with Gasteiger partial charge in [-0.1, -0.05) is 36.6 Å². The van der Waals surface area contributed by atoms with Gasteiger partial charge in [-0.3, -0.25) is 9.48 Å². The predicted molar refractivity (Wildman–Crippen MR) is 87.1 cm³/mol.